The molecule has 2 aliphatic rings. The summed E-state index contributed by atoms with van der Waals surface area (Å²) in [5, 5.41) is 3.76. The molecule has 1 atom stereocenters. The Labute approximate surface area is 144 Å². The molecule has 1 fully saturated rings. The average molecular weight is 324 g/mol. The first-order valence-electron chi connectivity index (χ1n) is 9.22. The van der Waals surface area contributed by atoms with Gasteiger partial charge in [0, 0.05) is 38.4 Å². The van der Waals surface area contributed by atoms with Crippen LogP contribution in [0.25, 0.3) is 0 Å². The molecule has 2 aromatic rings. The Bertz CT molecular complexity index is 680. The Balaban J connectivity index is 1.34. The number of nitrogens with one attached hydrogen (secondary N) is 1. The van der Waals surface area contributed by atoms with E-state index < -0.39 is 0 Å². The summed E-state index contributed by atoms with van der Waals surface area (Å²) in [6, 6.07) is 10.3. The maximum Gasteiger partial charge on any atom is 0.105 e. The van der Waals surface area contributed by atoms with Crippen molar-refractivity contribution in [3.63, 3.8) is 0 Å². The van der Waals surface area contributed by atoms with E-state index in [2.05, 4.69) is 58.0 Å². The fraction of sp³-hybridized carbons (Fsp3) is 0.550. The number of imidazole rings is 1. The molecule has 1 aromatic heterocycles. The summed E-state index contributed by atoms with van der Waals surface area (Å²) >= 11 is 0. The highest BCUT2D eigenvalue weighted by Gasteiger charge is 2.30. The van der Waals surface area contributed by atoms with Crippen molar-refractivity contribution in [1.82, 2.24) is 19.8 Å². The molecular formula is C20H28N4. The zero-order valence-electron chi connectivity index (χ0n) is 14.8. The van der Waals surface area contributed by atoms with Gasteiger partial charge >= 0.3 is 0 Å². The van der Waals surface area contributed by atoms with Gasteiger partial charge in [-0.2, -0.15) is 0 Å². The third-order valence-corrected chi connectivity index (χ3v) is 5.89. The SMILES string of the molecule is Cc1ncc(CNC2CCCN(C3Cc4ccccc4C3)C2)n1C. The number of benzene rings is 1. The van der Waals surface area contributed by atoms with Gasteiger partial charge in [0.1, 0.15) is 5.82 Å². The van der Waals surface area contributed by atoms with E-state index >= 15 is 0 Å². The third kappa shape index (κ3) is 3.13. The summed E-state index contributed by atoms with van der Waals surface area (Å²) in [5.41, 5.74) is 4.39. The molecule has 0 amide bonds. The zero-order valence-corrected chi connectivity index (χ0v) is 14.8. The number of piperidine rings is 1. The predicted octanol–water partition coefficient (Wildman–Crippen LogP) is 2.45. The molecule has 4 heteroatoms. The number of rotatable bonds is 4. The smallest absolute Gasteiger partial charge is 0.105 e. The number of aryl methyl sites for hydroxylation is 1. The number of fused-ring (bicyclic) bond motifs is 1. The van der Waals surface area contributed by atoms with Gasteiger partial charge in [0.2, 0.25) is 0 Å². The van der Waals surface area contributed by atoms with E-state index in [1.807, 2.05) is 6.20 Å². The van der Waals surface area contributed by atoms with Crippen LogP contribution in [0.4, 0.5) is 0 Å². The van der Waals surface area contributed by atoms with Crippen LogP contribution in [0.5, 0.6) is 0 Å². The normalized spacial score (nSPS) is 22.0. The minimum atomic E-state index is 0.595. The first kappa shape index (κ1) is 15.9. The van der Waals surface area contributed by atoms with Gasteiger partial charge in [-0.3, -0.25) is 4.90 Å². The fourth-order valence-corrected chi connectivity index (χ4v) is 4.26. The molecule has 0 radical (unpaired) electrons. The van der Waals surface area contributed by atoms with Crippen LogP contribution in [-0.2, 0) is 26.4 Å². The maximum atomic E-state index is 4.39. The number of aromatic nitrogens is 2. The first-order valence-corrected chi connectivity index (χ1v) is 9.22. The van der Waals surface area contributed by atoms with Crippen LogP contribution < -0.4 is 5.32 Å². The highest BCUT2D eigenvalue weighted by Crippen LogP contribution is 2.27. The maximum absolute atomic E-state index is 4.39. The molecule has 1 saturated heterocycles. The number of hydrogen-bond donors (Lipinski definition) is 1. The van der Waals surface area contributed by atoms with Gasteiger partial charge in [0.15, 0.2) is 0 Å². The van der Waals surface area contributed by atoms with Crippen LogP contribution in [0.1, 0.15) is 35.5 Å². The molecule has 0 spiro atoms. The van der Waals surface area contributed by atoms with Crippen LogP contribution in [0.3, 0.4) is 0 Å². The summed E-state index contributed by atoms with van der Waals surface area (Å²) < 4.78 is 2.18. The van der Waals surface area contributed by atoms with Gasteiger partial charge in [-0.05, 0) is 50.3 Å². The molecule has 1 aliphatic carbocycles. The van der Waals surface area contributed by atoms with Crippen LogP contribution in [0.2, 0.25) is 0 Å². The van der Waals surface area contributed by atoms with Gasteiger partial charge in [0.25, 0.3) is 0 Å². The van der Waals surface area contributed by atoms with Gasteiger partial charge < -0.3 is 9.88 Å². The number of hydrogen-bond acceptors (Lipinski definition) is 3. The highest BCUT2D eigenvalue weighted by molar-refractivity contribution is 5.33. The van der Waals surface area contributed by atoms with Gasteiger partial charge in [0.05, 0.1) is 5.69 Å². The standard InChI is InChI=1S/C20H28N4/c1-15-21-12-20(23(15)2)13-22-18-8-5-9-24(14-18)19-10-16-6-3-4-7-17(16)11-19/h3-4,6-7,12,18-19,22H,5,8-11,13-14H2,1-2H3. The average Bonchev–Trinajstić information content (AvgIpc) is 3.18. The Hall–Kier alpha value is -1.65. The first-order chi connectivity index (χ1) is 11.7. The van der Waals surface area contributed by atoms with E-state index in [0.29, 0.717) is 12.1 Å². The molecule has 2 heterocycles. The lowest BCUT2D eigenvalue weighted by atomic mass is 10.0. The topological polar surface area (TPSA) is 33.1 Å². The summed E-state index contributed by atoms with van der Waals surface area (Å²) in [6.45, 7) is 5.40. The minimum Gasteiger partial charge on any atom is -0.334 e. The van der Waals surface area contributed by atoms with E-state index in [0.717, 1.165) is 12.4 Å². The van der Waals surface area contributed by atoms with E-state index in [9.17, 15) is 0 Å². The highest BCUT2D eigenvalue weighted by atomic mass is 15.2. The molecular weight excluding hydrogens is 296 g/mol. The van der Waals surface area contributed by atoms with E-state index in [1.54, 1.807) is 11.1 Å². The lowest BCUT2D eigenvalue weighted by molar-refractivity contribution is 0.139. The second-order valence-electron chi connectivity index (χ2n) is 7.40. The lowest BCUT2D eigenvalue weighted by Gasteiger charge is -2.37. The van der Waals surface area contributed by atoms with Crippen molar-refractivity contribution in [2.45, 2.75) is 51.2 Å². The number of likely N-dealkylation sites (tertiary alicyclic amines) is 1. The van der Waals surface area contributed by atoms with Crippen molar-refractivity contribution in [2.24, 2.45) is 7.05 Å². The quantitative estimate of drug-likeness (QED) is 0.938. The van der Waals surface area contributed by atoms with Crippen molar-refractivity contribution < 1.29 is 0 Å². The van der Waals surface area contributed by atoms with Crippen molar-refractivity contribution in [3.8, 4) is 0 Å². The molecule has 1 aliphatic heterocycles. The summed E-state index contributed by atoms with van der Waals surface area (Å²) in [7, 11) is 2.10. The van der Waals surface area contributed by atoms with Crippen LogP contribution in [-0.4, -0.2) is 39.6 Å². The van der Waals surface area contributed by atoms with E-state index in [4.69, 9.17) is 0 Å². The summed E-state index contributed by atoms with van der Waals surface area (Å²) in [5.74, 6) is 1.08. The molecule has 1 N–H and O–H groups in total. The predicted molar refractivity (Wildman–Crippen MR) is 97.0 cm³/mol. The Kier molecular flexibility index (Phi) is 4.42. The molecule has 4 nitrogen and oxygen atoms in total. The van der Waals surface area contributed by atoms with Crippen molar-refractivity contribution in [3.05, 3.63) is 53.1 Å². The third-order valence-electron chi connectivity index (χ3n) is 5.89. The van der Waals surface area contributed by atoms with Crippen LogP contribution >= 0.6 is 0 Å². The van der Waals surface area contributed by atoms with Gasteiger partial charge in [-0.1, -0.05) is 24.3 Å². The van der Waals surface area contributed by atoms with Crippen molar-refractivity contribution in [1.29, 1.82) is 0 Å². The van der Waals surface area contributed by atoms with Gasteiger partial charge in [-0.25, -0.2) is 4.98 Å². The monoisotopic (exact) mass is 324 g/mol. The molecule has 1 aromatic carbocycles. The molecule has 128 valence electrons. The van der Waals surface area contributed by atoms with E-state index in [1.165, 1.54) is 44.5 Å². The second-order valence-corrected chi connectivity index (χ2v) is 7.40. The fourth-order valence-electron chi connectivity index (χ4n) is 4.26. The Morgan fingerprint density at radius 1 is 1.21 bits per heavy atom. The summed E-state index contributed by atoms with van der Waals surface area (Å²) in [6.07, 6.45) is 7.03. The lowest BCUT2D eigenvalue weighted by Crippen LogP contribution is -2.49. The van der Waals surface area contributed by atoms with Crippen LogP contribution in [0, 0.1) is 6.92 Å². The molecule has 1 unspecified atom stereocenters. The van der Waals surface area contributed by atoms with Crippen LogP contribution in [0.15, 0.2) is 30.5 Å². The molecule has 4 rings (SSSR count). The van der Waals surface area contributed by atoms with Crippen molar-refractivity contribution in [2.75, 3.05) is 13.1 Å². The largest absolute Gasteiger partial charge is 0.334 e. The van der Waals surface area contributed by atoms with Gasteiger partial charge in [-0.15, -0.1) is 0 Å². The molecule has 0 saturated carbocycles. The molecule has 0 bridgehead atoms. The Morgan fingerprint density at radius 3 is 2.62 bits per heavy atom. The minimum absolute atomic E-state index is 0.595. The zero-order chi connectivity index (χ0) is 16.5. The number of nitrogens with zero attached hydrogens (tertiary/aromatic N) is 3. The Morgan fingerprint density at radius 2 is 1.96 bits per heavy atom. The molecule has 24 heavy (non-hydrogen) atoms. The summed E-state index contributed by atoms with van der Waals surface area (Å²) in [4.78, 5) is 7.11. The second kappa shape index (κ2) is 6.69. The van der Waals surface area contributed by atoms with E-state index in [-0.39, 0.29) is 0 Å². The van der Waals surface area contributed by atoms with Crippen molar-refractivity contribution >= 4 is 0 Å².